The standard InChI is InChI=1S/C64H42N2O.C58H38N2O/c1-3-11-43(12-4-1)47-27-33-53(34-28-47)65(55-37-40-62-59(42-55)64-56-16-8-7-13-50(56)32-39-63(64)67-62)54-35-29-48(30-36-54)46-21-19-44(20-22-46)45-23-25-49(26-24-45)51-31-38-61-58(41-51)57-17-9-10-18-60(57)66(61)52-14-5-2-6-15-52;1-2-10-39(11-3-1)42-22-29-46(30-23-42)59(49-35-37-56-53(38-49)58-50-13-5-4-12-45(50)28-36-57(58)61-56)47-31-24-43(25-32-47)40-18-20-41(21-19-40)44-26-33-48(34-27-44)60-54-16-8-6-14-51(54)52-15-7-9-17-55(52)60/h1-42H;1-38H. The van der Waals surface area contributed by atoms with Gasteiger partial charge in [-0.1, -0.05) is 334 Å². The topological polar surface area (TPSA) is 42.6 Å². The Morgan fingerprint density at radius 1 is 0.148 bits per heavy atom. The number of hydrogen-bond acceptors (Lipinski definition) is 4. The van der Waals surface area contributed by atoms with Gasteiger partial charge in [0.2, 0.25) is 0 Å². The van der Waals surface area contributed by atoms with E-state index in [0.717, 1.165) is 89.3 Å². The van der Waals surface area contributed by atoms with Crippen LogP contribution in [0.25, 0.3) is 198 Å². The lowest BCUT2D eigenvalue weighted by molar-refractivity contribution is 0.669. The lowest BCUT2D eigenvalue weighted by Gasteiger charge is -2.26. The molecular weight excluding hydrogens is 1550 g/mol. The number of hydrogen-bond donors (Lipinski definition) is 0. The van der Waals surface area contributed by atoms with Crippen molar-refractivity contribution in [3.63, 3.8) is 0 Å². The fraction of sp³-hybridized carbons (Fsp3) is 0. The first kappa shape index (κ1) is 74.7. The van der Waals surface area contributed by atoms with Gasteiger partial charge in [0.25, 0.3) is 0 Å². The number of anilines is 6. The highest BCUT2D eigenvalue weighted by Crippen LogP contribution is 2.47. The highest BCUT2D eigenvalue weighted by Gasteiger charge is 2.23. The normalized spacial score (nSPS) is 11.6. The predicted octanol–water partition coefficient (Wildman–Crippen LogP) is 34.3. The third-order valence-electron chi connectivity index (χ3n) is 25.6. The zero-order chi connectivity index (χ0) is 84.5. The van der Waals surface area contributed by atoms with Crippen molar-refractivity contribution < 1.29 is 8.83 Å². The number of rotatable bonds is 15. The smallest absolute Gasteiger partial charge is 0.136 e. The minimum atomic E-state index is 0.880. The minimum absolute atomic E-state index is 0.880. The van der Waals surface area contributed by atoms with Gasteiger partial charge >= 0.3 is 0 Å². The van der Waals surface area contributed by atoms with Gasteiger partial charge in [0.1, 0.15) is 22.3 Å². The maximum Gasteiger partial charge on any atom is 0.136 e. The molecular formula is C122H80N4O2. The molecule has 4 aromatic heterocycles. The first-order valence-corrected chi connectivity index (χ1v) is 43.7. The number of nitrogens with zero attached hydrogens (tertiary/aromatic N) is 4. The average molecular weight is 1630 g/mol. The van der Waals surface area contributed by atoms with E-state index in [1.54, 1.807) is 0 Å². The molecule has 600 valence electrons. The van der Waals surface area contributed by atoms with Crippen molar-refractivity contribution in [1.29, 1.82) is 0 Å². The molecule has 128 heavy (non-hydrogen) atoms. The summed E-state index contributed by atoms with van der Waals surface area (Å²) in [6.45, 7) is 0. The van der Waals surface area contributed by atoms with Gasteiger partial charge in [-0.3, -0.25) is 0 Å². The second-order valence-corrected chi connectivity index (χ2v) is 33.0. The number of benzene rings is 21. The van der Waals surface area contributed by atoms with Crippen LogP contribution >= 0.6 is 0 Å². The zero-order valence-electron chi connectivity index (χ0n) is 69.8. The van der Waals surface area contributed by atoms with E-state index in [9.17, 15) is 0 Å². The van der Waals surface area contributed by atoms with Gasteiger partial charge in [0, 0.05) is 88.6 Å². The third-order valence-corrected chi connectivity index (χ3v) is 25.6. The van der Waals surface area contributed by atoms with E-state index in [1.165, 1.54) is 143 Å². The molecule has 0 aliphatic rings. The van der Waals surface area contributed by atoms with E-state index in [0.29, 0.717) is 0 Å². The lowest BCUT2D eigenvalue weighted by Crippen LogP contribution is -2.09. The molecule has 0 N–H and O–H groups in total. The number of fused-ring (bicyclic) bond motifs is 16. The van der Waals surface area contributed by atoms with Crippen molar-refractivity contribution in [3.05, 3.63) is 485 Å². The number of aromatic nitrogens is 2. The van der Waals surface area contributed by atoms with Crippen molar-refractivity contribution in [2.75, 3.05) is 9.80 Å². The molecule has 0 saturated heterocycles. The summed E-state index contributed by atoms with van der Waals surface area (Å²) in [6, 6.07) is 175. The summed E-state index contributed by atoms with van der Waals surface area (Å²) in [5.74, 6) is 0. The van der Waals surface area contributed by atoms with E-state index in [-0.39, 0.29) is 0 Å². The van der Waals surface area contributed by atoms with Crippen LogP contribution in [0, 0.1) is 0 Å². The molecule has 0 radical (unpaired) electrons. The van der Waals surface area contributed by atoms with E-state index in [4.69, 9.17) is 8.83 Å². The van der Waals surface area contributed by atoms with Crippen LogP contribution in [0.3, 0.4) is 0 Å². The second-order valence-electron chi connectivity index (χ2n) is 33.0. The molecule has 0 fully saturated rings. The Kier molecular flexibility index (Phi) is 18.5. The van der Waals surface area contributed by atoms with Gasteiger partial charge in [0.05, 0.1) is 22.1 Å². The summed E-state index contributed by atoms with van der Waals surface area (Å²) in [5.41, 5.74) is 33.8. The molecule has 25 rings (SSSR count). The van der Waals surface area contributed by atoms with Crippen LogP contribution in [-0.4, -0.2) is 9.13 Å². The number of furan rings is 2. The van der Waals surface area contributed by atoms with E-state index >= 15 is 0 Å². The molecule has 0 amide bonds. The first-order chi connectivity index (χ1) is 63.4. The van der Waals surface area contributed by atoms with Gasteiger partial charge < -0.3 is 27.8 Å². The molecule has 0 atom stereocenters. The van der Waals surface area contributed by atoms with Gasteiger partial charge in [-0.2, -0.15) is 0 Å². The van der Waals surface area contributed by atoms with Gasteiger partial charge in [-0.25, -0.2) is 0 Å². The van der Waals surface area contributed by atoms with Gasteiger partial charge in [0.15, 0.2) is 0 Å². The Balaban J connectivity index is 0.000000143. The molecule has 0 saturated carbocycles. The molecule has 0 spiro atoms. The zero-order valence-corrected chi connectivity index (χ0v) is 69.8. The molecule has 4 heterocycles. The predicted molar refractivity (Wildman–Crippen MR) is 539 cm³/mol. The van der Waals surface area contributed by atoms with E-state index in [2.05, 4.69) is 504 Å². The summed E-state index contributed by atoms with van der Waals surface area (Å²) in [7, 11) is 0. The third kappa shape index (κ3) is 13.5. The van der Waals surface area contributed by atoms with Crippen molar-refractivity contribution in [2.24, 2.45) is 0 Å². The van der Waals surface area contributed by atoms with E-state index in [1.807, 2.05) is 0 Å². The monoisotopic (exact) mass is 1630 g/mol. The minimum Gasteiger partial charge on any atom is -0.456 e. The highest BCUT2D eigenvalue weighted by atomic mass is 16.3. The summed E-state index contributed by atoms with van der Waals surface area (Å²) in [6.07, 6.45) is 0. The number of para-hydroxylation sites is 4. The Labute approximate surface area is 740 Å². The molecule has 0 aliphatic carbocycles. The van der Waals surface area contributed by atoms with Gasteiger partial charge in [-0.15, -0.1) is 0 Å². The molecule has 21 aromatic carbocycles. The maximum absolute atomic E-state index is 6.41. The first-order valence-electron chi connectivity index (χ1n) is 43.7. The SMILES string of the molecule is c1ccc(-c2ccc(N(c3ccc(-c4ccc(-c5ccc(-c6ccc7c(c6)c6ccccc6n7-c6ccccc6)cc5)cc4)cc3)c3ccc4oc5ccc6ccccc6c5c4c3)cc2)cc1.c1ccc(-c2ccc(N(c3ccc(-c4ccc(-c5ccc(-n6c7ccccc7c7ccccc76)cc5)cc4)cc3)c3ccc4oc5ccc6ccccc6c5c4c3)cc2)cc1. The van der Waals surface area contributed by atoms with E-state index < -0.39 is 0 Å². The molecule has 6 heteroatoms. The van der Waals surface area contributed by atoms with Crippen LogP contribution in [0.2, 0.25) is 0 Å². The van der Waals surface area contributed by atoms with Crippen molar-refractivity contribution in [1.82, 2.24) is 9.13 Å². The fourth-order valence-corrected chi connectivity index (χ4v) is 19.3. The van der Waals surface area contributed by atoms with Crippen LogP contribution in [0.1, 0.15) is 0 Å². The van der Waals surface area contributed by atoms with Crippen LogP contribution in [0.4, 0.5) is 34.1 Å². The molecule has 0 unspecified atom stereocenters. The van der Waals surface area contributed by atoms with Crippen LogP contribution < -0.4 is 9.80 Å². The molecule has 25 aromatic rings. The Morgan fingerprint density at radius 2 is 0.398 bits per heavy atom. The quantitative estimate of drug-likeness (QED) is 0.103. The van der Waals surface area contributed by atoms with Crippen LogP contribution in [0.15, 0.2) is 494 Å². The maximum atomic E-state index is 6.41. The summed E-state index contributed by atoms with van der Waals surface area (Å²) < 4.78 is 17.5. The molecule has 6 nitrogen and oxygen atoms in total. The fourth-order valence-electron chi connectivity index (χ4n) is 19.3. The van der Waals surface area contributed by atoms with Crippen molar-refractivity contribution in [3.8, 4) is 89.3 Å². The molecule has 0 bridgehead atoms. The lowest BCUT2D eigenvalue weighted by atomic mass is 9.97. The Morgan fingerprint density at radius 3 is 0.766 bits per heavy atom. The Hall–Kier alpha value is -17.1. The van der Waals surface area contributed by atoms with Crippen molar-refractivity contribution >= 4 is 143 Å². The highest BCUT2D eigenvalue weighted by molar-refractivity contribution is 6.21. The van der Waals surface area contributed by atoms with Crippen LogP contribution in [0.5, 0.6) is 0 Å². The molecule has 0 aliphatic heterocycles. The largest absolute Gasteiger partial charge is 0.456 e. The second kappa shape index (κ2) is 31.7. The average Bonchev–Trinajstić information content (AvgIpc) is 1.61. The van der Waals surface area contributed by atoms with Gasteiger partial charge in [-0.05, 0) is 251 Å². The summed E-state index contributed by atoms with van der Waals surface area (Å²) in [4.78, 5) is 4.68. The summed E-state index contributed by atoms with van der Waals surface area (Å²) >= 11 is 0. The Bertz CT molecular complexity index is 8420. The van der Waals surface area contributed by atoms with Crippen molar-refractivity contribution in [2.45, 2.75) is 0 Å². The summed E-state index contributed by atoms with van der Waals surface area (Å²) in [5, 5.41) is 14.4. The van der Waals surface area contributed by atoms with Crippen LogP contribution in [-0.2, 0) is 0 Å².